The van der Waals surface area contributed by atoms with Crippen LogP contribution in [0.15, 0.2) is 24.5 Å². The van der Waals surface area contributed by atoms with Crippen LogP contribution in [0.25, 0.3) is 0 Å². The van der Waals surface area contributed by atoms with Crippen LogP contribution in [0.1, 0.15) is 11.4 Å². The lowest BCUT2D eigenvalue weighted by molar-refractivity contribution is -0.385. The third kappa shape index (κ3) is 2.41. The van der Waals surface area contributed by atoms with Crippen molar-refractivity contribution in [2.24, 2.45) is 0 Å². The average Bonchev–Trinajstić information content (AvgIpc) is 2.89. The molecule has 0 unspecified atom stereocenters. The van der Waals surface area contributed by atoms with Crippen molar-refractivity contribution in [1.82, 2.24) is 15.2 Å². The smallest absolute Gasteiger partial charge is 0.289 e. The number of H-pyrrole nitrogens is 1. The van der Waals surface area contributed by atoms with Crippen LogP contribution in [0, 0.1) is 21.4 Å². The van der Waals surface area contributed by atoms with Crippen molar-refractivity contribution in [3.8, 4) is 6.07 Å². The van der Waals surface area contributed by atoms with Crippen molar-refractivity contribution in [3.63, 3.8) is 0 Å². The van der Waals surface area contributed by atoms with Gasteiger partial charge in [-0.2, -0.15) is 10.4 Å². The Labute approximate surface area is 101 Å². The number of rotatable bonds is 4. The van der Waals surface area contributed by atoms with E-state index in [4.69, 9.17) is 5.26 Å². The first-order valence-electron chi connectivity index (χ1n) is 4.97. The van der Waals surface area contributed by atoms with E-state index in [-0.39, 0.29) is 11.3 Å². The Hall–Kier alpha value is -2.95. The van der Waals surface area contributed by atoms with Crippen molar-refractivity contribution in [1.29, 1.82) is 5.26 Å². The van der Waals surface area contributed by atoms with Crippen LogP contribution < -0.4 is 5.32 Å². The number of hydrogen-bond acceptors (Lipinski definition) is 6. The van der Waals surface area contributed by atoms with Crippen LogP contribution >= 0.6 is 0 Å². The lowest BCUT2D eigenvalue weighted by Crippen LogP contribution is -2.02. The Morgan fingerprint density at radius 1 is 1.56 bits per heavy atom. The normalized spacial score (nSPS) is 9.72. The van der Waals surface area contributed by atoms with Crippen molar-refractivity contribution >= 4 is 11.4 Å². The summed E-state index contributed by atoms with van der Waals surface area (Å²) in [6.07, 6.45) is 1.37. The molecule has 2 N–H and O–H groups in total. The van der Waals surface area contributed by atoms with E-state index < -0.39 is 4.92 Å². The highest BCUT2D eigenvalue weighted by Crippen LogP contribution is 2.22. The van der Waals surface area contributed by atoms with Crippen LogP contribution in [-0.2, 0) is 6.54 Å². The molecule has 1 aromatic carbocycles. The number of nitriles is 1. The van der Waals surface area contributed by atoms with Gasteiger partial charge in [0.05, 0.1) is 11.5 Å². The molecule has 0 aliphatic heterocycles. The minimum Gasteiger partial charge on any atom is -0.378 e. The van der Waals surface area contributed by atoms with E-state index in [1.165, 1.54) is 18.5 Å². The summed E-state index contributed by atoms with van der Waals surface area (Å²) in [6.45, 7) is 0.364. The summed E-state index contributed by atoms with van der Waals surface area (Å²) < 4.78 is 0. The van der Waals surface area contributed by atoms with Gasteiger partial charge in [0.2, 0.25) is 0 Å². The second kappa shape index (κ2) is 4.92. The quantitative estimate of drug-likeness (QED) is 0.615. The van der Waals surface area contributed by atoms with E-state index in [9.17, 15) is 10.1 Å². The Morgan fingerprint density at radius 3 is 3.00 bits per heavy atom. The molecule has 0 radical (unpaired) electrons. The zero-order valence-electron chi connectivity index (χ0n) is 9.12. The highest BCUT2D eigenvalue weighted by atomic mass is 16.6. The van der Waals surface area contributed by atoms with E-state index in [1.54, 1.807) is 12.1 Å². The number of aromatic nitrogens is 3. The molecule has 18 heavy (non-hydrogen) atoms. The van der Waals surface area contributed by atoms with Gasteiger partial charge in [-0.1, -0.05) is 0 Å². The maximum atomic E-state index is 10.8. The minimum absolute atomic E-state index is 0.0326. The summed E-state index contributed by atoms with van der Waals surface area (Å²) in [5, 5.41) is 28.8. The predicted octanol–water partition coefficient (Wildman–Crippen LogP) is 1.20. The van der Waals surface area contributed by atoms with Gasteiger partial charge in [0, 0.05) is 11.8 Å². The molecular weight excluding hydrogens is 236 g/mol. The zero-order chi connectivity index (χ0) is 13.0. The van der Waals surface area contributed by atoms with E-state index >= 15 is 0 Å². The van der Waals surface area contributed by atoms with Crippen LogP contribution in [0.2, 0.25) is 0 Å². The lowest BCUT2D eigenvalue weighted by atomic mass is 10.2. The molecule has 0 fully saturated rings. The molecule has 8 nitrogen and oxygen atoms in total. The first-order valence-corrected chi connectivity index (χ1v) is 4.97. The fraction of sp³-hybridized carbons (Fsp3) is 0.100. The summed E-state index contributed by atoms with van der Waals surface area (Å²) in [5.41, 5.74) is 0.349. The molecule has 0 amide bonds. The second-order valence-corrected chi connectivity index (χ2v) is 3.39. The van der Waals surface area contributed by atoms with Gasteiger partial charge in [-0.3, -0.25) is 15.2 Å². The summed E-state index contributed by atoms with van der Waals surface area (Å²) in [4.78, 5) is 14.1. The zero-order valence-corrected chi connectivity index (χ0v) is 9.12. The molecule has 1 heterocycles. The number of nitro groups is 1. The molecule has 0 saturated heterocycles. The fourth-order valence-electron chi connectivity index (χ4n) is 1.39. The Kier molecular flexibility index (Phi) is 3.15. The number of benzene rings is 1. The Balaban J connectivity index is 2.17. The third-order valence-electron chi connectivity index (χ3n) is 2.24. The first-order chi connectivity index (χ1) is 8.70. The van der Waals surface area contributed by atoms with Crippen LogP contribution in [-0.4, -0.2) is 20.1 Å². The van der Waals surface area contributed by atoms with E-state index in [0.717, 1.165) is 0 Å². The van der Waals surface area contributed by atoms with E-state index in [0.29, 0.717) is 18.1 Å². The summed E-state index contributed by atoms with van der Waals surface area (Å²) in [5.74, 6) is 0.613. The SMILES string of the molecule is N#Cc1ccc(NCc2ncn[nH]2)cc1[N+](=O)[O-]. The first kappa shape index (κ1) is 11.5. The lowest BCUT2D eigenvalue weighted by Gasteiger charge is -2.04. The third-order valence-corrected chi connectivity index (χ3v) is 2.24. The van der Waals surface area contributed by atoms with Crippen LogP contribution in [0.3, 0.4) is 0 Å². The largest absolute Gasteiger partial charge is 0.378 e. The molecule has 0 aliphatic carbocycles. The molecule has 0 spiro atoms. The molecule has 90 valence electrons. The highest BCUT2D eigenvalue weighted by molar-refractivity contribution is 5.59. The predicted molar refractivity (Wildman–Crippen MR) is 61.5 cm³/mol. The Bertz CT molecular complexity index is 601. The molecule has 8 heteroatoms. The van der Waals surface area contributed by atoms with Crippen molar-refractivity contribution in [2.75, 3.05) is 5.32 Å². The van der Waals surface area contributed by atoms with Crippen LogP contribution in [0.5, 0.6) is 0 Å². The topological polar surface area (TPSA) is 121 Å². The molecule has 0 aliphatic rings. The number of nitro benzene ring substituents is 1. The number of nitrogens with zero attached hydrogens (tertiary/aromatic N) is 4. The highest BCUT2D eigenvalue weighted by Gasteiger charge is 2.14. The van der Waals surface area contributed by atoms with Gasteiger partial charge >= 0.3 is 0 Å². The van der Waals surface area contributed by atoms with Gasteiger partial charge in [-0.05, 0) is 12.1 Å². The molecule has 2 rings (SSSR count). The molecule has 0 atom stereocenters. The monoisotopic (exact) mass is 244 g/mol. The summed E-state index contributed by atoms with van der Waals surface area (Å²) >= 11 is 0. The molecule has 0 saturated carbocycles. The fourth-order valence-corrected chi connectivity index (χ4v) is 1.39. The van der Waals surface area contributed by atoms with E-state index in [1.807, 2.05) is 0 Å². The number of aromatic amines is 1. The van der Waals surface area contributed by atoms with Gasteiger partial charge in [-0.25, -0.2) is 4.98 Å². The standard InChI is InChI=1S/C10H8N6O2/c11-4-7-1-2-8(3-9(7)16(17)18)12-5-10-13-6-14-15-10/h1-3,6,12H,5H2,(H,13,14,15). The van der Waals surface area contributed by atoms with E-state index in [2.05, 4.69) is 20.5 Å². The second-order valence-electron chi connectivity index (χ2n) is 3.39. The van der Waals surface area contributed by atoms with Crippen molar-refractivity contribution in [3.05, 3.63) is 46.0 Å². The molecular formula is C10H8N6O2. The number of hydrogen-bond donors (Lipinski definition) is 2. The maximum absolute atomic E-state index is 10.8. The minimum atomic E-state index is -0.585. The molecule has 2 aromatic rings. The Morgan fingerprint density at radius 2 is 2.39 bits per heavy atom. The average molecular weight is 244 g/mol. The van der Waals surface area contributed by atoms with Gasteiger partial charge in [0.1, 0.15) is 23.8 Å². The van der Waals surface area contributed by atoms with Crippen molar-refractivity contribution < 1.29 is 4.92 Å². The molecule has 0 bridgehead atoms. The van der Waals surface area contributed by atoms with Gasteiger partial charge in [-0.15, -0.1) is 0 Å². The number of anilines is 1. The summed E-state index contributed by atoms with van der Waals surface area (Å²) in [6, 6.07) is 6.09. The van der Waals surface area contributed by atoms with Gasteiger partial charge < -0.3 is 5.32 Å². The summed E-state index contributed by atoms with van der Waals surface area (Å²) in [7, 11) is 0. The van der Waals surface area contributed by atoms with Crippen LogP contribution in [0.4, 0.5) is 11.4 Å². The van der Waals surface area contributed by atoms with Crippen molar-refractivity contribution in [2.45, 2.75) is 6.54 Å². The maximum Gasteiger partial charge on any atom is 0.289 e. The van der Waals surface area contributed by atoms with Gasteiger partial charge in [0.15, 0.2) is 0 Å². The number of nitrogens with one attached hydrogen (secondary N) is 2. The molecule has 1 aromatic heterocycles. The van der Waals surface area contributed by atoms with Gasteiger partial charge in [0.25, 0.3) is 5.69 Å².